The molecule has 100 valence electrons. The van der Waals surface area contributed by atoms with Crippen LogP contribution in [0.4, 0.5) is 0 Å². The number of nitrogens with one attached hydrogen (secondary N) is 1. The first-order chi connectivity index (χ1) is 8.15. The van der Waals surface area contributed by atoms with Gasteiger partial charge in [0.1, 0.15) is 0 Å². The summed E-state index contributed by atoms with van der Waals surface area (Å²) in [6.07, 6.45) is 3.24. The zero-order chi connectivity index (χ0) is 12.3. The molecule has 2 aliphatic rings. The lowest BCUT2D eigenvalue weighted by Crippen LogP contribution is -2.49. The molecule has 4 heteroatoms. The first kappa shape index (κ1) is 13.7. The first-order valence-corrected chi connectivity index (χ1v) is 7.77. The number of hydrogen-bond donors (Lipinski definition) is 1. The van der Waals surface area contributed by atoms with Crippen LogP contribution in [0.15, 0.2) is 0 Å². The van der Waals surface area contributed by atoms with Gasteiger partial charge in [0.25, 0.3) is 0 Å². The molecule has 0 amide bonds. The summed E-state index contributed by atoms with van der Waals surface area (Å²) >= 11 is 2.08. The lowest BCUT2D eigenvalue weighted by atomic mass is 9.89. The van der Waals surface area contributed by atoms with Crippen LogP contribution in [0.1, 0.15) is 33.1 Å². The first-order valence-electron chi connectivity index (χ1n) is 6.72. The van der Waals surface area contributed by atoms with Crippen LogP contribution in [-0.4, -0.2) is 43.1 Å². The summed E-state index contributed by atoms with van der Waals surface area (Å²) in [5, 5.41) is 4.07. The highest BCUT2D eigenvalue weighted by Crippen LogP contribution is 2.40. The van der Waals surface area contributed by atoms with Crippen molar-refractivity contribution in [2.24, 2.45) is 5.92 Å². The second kappa shape index (κ2) is 5.91. The van der Waals surface area contributed by atoms with E-state index < -0.39 is 0 Å². The molecule has 2 unspecified atom stereocenters. The van der Waals surface area contributed by atoms with Gasteiger partial charge in [0, 0.05) is 24.1 Å². The van der Waals surface area contributed by atoms with Gasteiger partial charge in [0.15, 0.2) is 5.79 Å². The second-order valence-corrected chi connectivity index (χ2v) is 6.78. The van der Waals surface area contributed by atoms with E-state index in [1.165, 1.54) is 5.75 Å². The maximum atomic E-state index is 5.85. The molecule has 1 heterocycles. The molecule has 0 aromatic rings. The van der Waals surface area contributed by atoms with Crippen LogP contribution >= 0.6 is 11.8 Å². The Kier molecular flexibility index (Phi) is 4.75. The fourth-order valence-electron chi connectivity index (χ4n) is 2.69. The summed E-state index contributed by atoms with van der Waals surface area (Å²) in [7, 11) is 2.07. The van der Waals surface area contributed by atoms with Gasteiger partial charge < -0.3 is 14.8 Å². The molecule has 0 aromatic carbocycles. The van der Waals surface area contributed by atoms with Crippen LogP contribution in [-0.2, 0) is 9.47 Å². The highest BCUT2D eigenvalue weighted by atomic mass is 32.2. The van der Waals surface area contributed by atoms with Crippen molar-refractivity contribution in [3.63, 3.8) is 0 Å². The van der Waals surface area contributed by atoms with Crippen LogP contribution in [0, 0.1) is 5.92 Å². The molecule has 0 bridgehead atoms. The fraction of sp³-hybridized carbons (Fsp3) is 1.00. The maximum Gasteiger partial charge on any atom is 0.169 e. The largest absolute Gasteiger partial charge is 0.347 e. The SMILES string of the molecule is CNC1CCC2(CC1SCC(C)C)OCCO2. The van der Waals surface area contributed by atoms with E-state index in [4.69, 9.17) is 9.47 Å². The van der Waals surface area contributed by atoms with Crippen molar-refractivity contribution in [3.8, 4) is 0 Å². The summed E-state index contributed by atoms with van der Waals surface area (Å²) in [6, 6.07) is 0.608. The quantitative estimate of drug-likeness (QED) is 0.839. The maximum absolute atomic E-state index is 5.85. The van der Waals surface area contributed by atoms with E-state index in [2.05, 4.69) is 38.0 Å². The Morgan fingerprint density at radius 3 is 2.65 bits per heavy atom. The molecular weight excluding hydrogens is 234 g/mol. The topological polar surface area (TPSA) is 30.5 Å². The summed E-state index contributed by atoms with van der Waals surface area (Å²) in [5.41, 5.74) is 0. The van der Waals surface area contributed by atoms with Gasteiger partial charge in [-0.3, -0.25) is 0 Å². The standard InChI is InChI=1S/C13H25NO2S/c1-10(2)9-17-12-8-13(15-6-7-16-13)5-4-11(12)14-3/h10-12,14H,4-9H2,1-3H3. The van der Waals surface area contributed by atoms with E-state index in [1.54, 1.807) is 0 Å². The Morgan fingerprint density at radius 1 is 1.35 bits per heavy atom. The van der Waals surface area contributed by atoms with Gasteiger partial charge in [-0.1, -0.05) is 13.8 Å². The monoisotopic (exact) mass is 259 g/mol. The minimum atomic E-state index is -0.248. The summed E-state index contributed by atoms with van der Waals surface area (Å²) < 4.78 is 11.7. The van der Waals surface area contributed by atoms with Gasteiger partial charge in [0.2, 0.25) is 0 Å². The van der Waals surface area contributed by atoms with Crippen molar-refractivity contribution >= 4 is 11.8 Å². The van der Waals surface area contributed by atoms with Gasteiger partial charge in [-0.15, -0.1) is 0 Å². The molecular formula is C13H25NO2S. The van der Waals surface area contributed by atoms with E-state index in [0.717, 1.165) is 38.4 Å². The van der Waals surface area contributed by atoms with Gasteiger partial charge in [-0.25, -0.2) is 0 Å². The third-order valence-electron chi connectivity index (χ3n) is 3.63. The minimum absolute atomic E-state index is 0.248. The lowest BCUT2D eigenvalue weighted by molar-refractivity contribution is -0.177. The van der Waals surface area contributed by atoms with Gasteiger partial charge >= 0.3 is 0 Å². The predicted octanol–water partition coefficient (Wildman–Crippen LogP) is 2.26. The van der Waals surface area contributed by atoms with Crippen LogP contribution in [0.25, 0.3) is 0 Å². The van der Waals surface area contributed by atoms with Crippen molar-refractivity contribution in [2.45, 2.75) is 50.2 Å². The zero-order valence-corrected chi connectivity index (χ0v) is 12.0. The fourth-order valence-corrected chi connectivity index (χ4v) is 4.20. The van der Waals surface area contributed by atoms with E-state index >= 15 is 0 Å². The smallest absolute Gasteiger partial charge is 0.169 e. The molecule has 0 aromatic heterocycles. The molecule has 1 spiro atoms. The number of thioether (sulfide) groups is 1. The van der Waals surface area contributed by atoms with Crippen molar-refractivity contribution in [2.75, 3.05) is 26.0 Å². The Hall–Kier alpha value is 0.230. The molecule has 2 rings (SSSR count). The van der Waals surface area contributed by atoms with Crippen molar-refractivity contribution in [1.82, 2.24) is 5.32 Å². The number of ether oxygens (including phenoxy) is 2. The van der Waals surface area contributed by atoms with Crippen LogP contribution in [0.2, 0.25) is 0 Å². The van der Waals surface area contributed by atoms with Crippen molar-refractivity contribution in [3.05, 3.63) is 0 Å². The highest BCUT2D eigenvalue weighted by Gasteiger charge is 2.44. The zero-order valence-electron chi connectivity index (χ0n) is 11.2. The molecule has 1 aliphatic heterocycles. The van der Waals surface area contributed by atoms with Crippen LogP contribution in [0.5, 0.6) is 0 Å². The van der Waals surface area contributed by atoms with Gasteiger partial charge in [-0.05, 0) is 25.1 Å². The van der Waals surface area contributed by atoms with Crippen LogP contribution in [0.3, 0.4) is 0 Å². The summed E-state index contributed by atoms with van der Waals surface area (Å²) in [5.74, 6) is 1.72. The molecule has 17 heavy (non-hydrogen) atoms. The van der Waals surface area contributed by atoms with E-state index in [1.807, 2.05) is 0 Å². The Labute approximate surface area is 109 Å². The van der Waals surface area contributed by atoms with E-state index in [-0.39, 0.29) is 5.79 Å². The normalized spacial score (nSPS) is 32.5. The average molecular weight is 259 g/mol. The summed E-state index contributed by atoms with van der Waals surface area (Å²) in [4.78, 5) is 0. The van der Waals surface area contributed by atoms with Crippen molar-refractivity contribution in [1.29, 1.82) is 0 Å². The number of hydrogen-bond acceptors (Lipinski definition) is 4. The van der Waals surface area contributed by atoms with Gasteiger partial charge in [-0.2, -0.15) is 11.8 Å². The van der Waals surface area contributed by atoms with E-state index in [0.29, 0.717) is 11.3 Å². The predicted molar refractivity (Wildman–Crippen MR) is 72.4 cm³/mol. The van der Waals surface area contributed by atoms with Crippen LogP contribution < -0.4 is 5.32 Å². The second-order valence-electron chi connectivity index (χ2n) is 5.51. The molecule has 1 saturated carbocycles. The molecule has 1 saturated heterocycles. The summed E-state index contributed by atoms with van der Waals surface area (Å²) in [6.45, 7) is 6.10. The molecule has 0 radical (unpaired) electrons. The minimum Gasteiger partial charge on any atom is -0.347 e. The lowest BCUT2D eigenvalue weighted by Gasteiger charge is -2.41. The molecule has 1 N–H and O–H groups in total. The Bertz CT molecular complexity index is 242. The Balaban J connectivity index is 1.93. The number of rotatable bonds is 4. The molecule has 2 atom stereocenters. The molecule has 3 nitrogen and oxygen atoms in total. The Morgan fingerprint density at radius 2 is 2.06 bits per heavy atom. The average Bonchev–Trinajstić information content (AvgIpc) is 2.75. The third kappa shape index (κ3) is 3.37. The molecule has 1 aliphatic carbocycles. The van der Waals surface area contributed by atoms with Gasteiger partial charge in [0.05, 0.1) is 13.2 Å². The molecule has 2 fully saturated rings. The van der Waals surface area contributed by atoms with Crippen molar-refractivity contribution < 1.29 is 9.47 Å². The third-order valence-corrected chi connectivity index (χ3v) is 5.41. The van der Waals surface area contributed by atoms with E-state index in [9.17, 15) is 0 Å². The highest BCUT2D eigenvalue weighted by molar-refractivity contribution is 7.99.